The molecule has 2 N–H and O–H groups in total. The molecule has 2 aromatic rings. The molecule has 2 aromatic heterocycles. The molecule has 0 amide bonds. The highest BCUT2D eigenvalue weighted by Gasteiger charge is 2.13. The van der Waals surface area contributed by atoms with Gasteiger partial charge in [-0.1, -0.05) is 0 Å². The molecule has 16 heavy (non-hydrogen) atoms. The molecule has 0 atom stereocenters. The summed E-state index contributed by atoms with van der Waals surface area (Å²) in [5, 5.41) is 8.27. The van der Waals surface area contributed by atoms with Gasteiger partial charge in [0.25, 0.3) is 0 Å². The Balaban J connectivity index is 2.56. The molecule has 0 radical (unpaired) electrons. The van der Waals surface area contributed by atoms with E-state index in [1.807, 2.05) is 19.1 Å². The summed E-state index contributed by atoms with van der Waals surface area (Å²) in [7, 11) is 0. The van der Waals surface area contributed by atoms with Crippen molar-refractivity contribution in [3.8, 4) is 11.4 Å². The molecule has 0 saturated heterocycles. The van der Waals surface area contributed by atoms with Gasteiger partial charge in [-0.05, 0) is 32.9 Å². The topological polar surface area (TPSA) is 69.6 Å². The molecular weight excluding hydrogens is 202 g/mol. The maximum atomic E-state index is 5.66. The molecule has 2 rings (SSSR count). The largest absolute Gasteiger partial charge is 0.384 e. The van der Waals surface area contributed by atoms with Gasteiger partial charge >= 0.3 is 0 Å². The zero-order valence-corrected chi connectivity index (χ0v) is 9.68. The fraction of sp³-hybridized carbons (Fsp3) is 0.364. The number of anilines is 1. The molecule has 0 fully saturated rings. The SMILES string of the molecule is Cc1nnc(-c2ccnc(N)c2)n1C(C)C. The Labute approximate surface area is 94.3 Å². The predicted molar refractivity (Wildman–Crippen MR) is 62.8 cm³/mol. The van der Waals surface area contributed by atoms with Crippen LogP contribution in [0.5, 0.6) is 0 Å². The van der Waals surface area contributed by atoms with Gasteiger partial charge in [0.05, 0.1) is 0 Å². The van der Waals surface area contributed by atoms with Gasteiger partial charge in [0.1, 0.15) is 11.6 Å². The third-order valence-corrected chi connectivity index (χ3v) is 2.42. The fourth-order valence-corrected chi connectivity index (χ4v) is 1.77. The predicted octanol–water partition coefficient (Wildman–Crippen LogP) is 1.81. The Bertz CT molecular complexity index is 501. The minimum atomic E-state index is 0.319. The van der Waals surface area contributed by atoms with Gasteiger partial charge in [-0.2, -0.15) is 0 Å². The Morgan fingerprint density at radius 2 is 2.06 bits per heavy atom. The third-order valence-electron chi connectivity index (χ3n) is 2.42. The molecule has 0 aliphatic rings. The number of nitrogens with zero attached hydrogens (tertiary/aromatic N) is 4. The number of nitrogens with two attached hydrogens (primary N) is 1. The van der Waals surface area contributed by atoms with E-state index in [2.05, 4.69) is 33.6 Å². The van der Waals surface area contributed by atoms with Crippen LogP contribution in [0, 0.1) is 6.92 Å². The molecular formula is C11H15N5. The van der Waals surface area contributed by atoms with E-state index >= 15 is 0 Å². The van der Waals surface area contributed by atoms with Gasteiger partial charge in [0, 0.05) is 17.8 Å². The summed E-state index contributed by atoms with van der Waals surface area (Å²) in [6, 6.07) is 4.01. The Morgan fingerprint density at radius 3 is 2.69 bits per heavy atom. The first-order chi connectivity index (χ1) is 7.59. The highest BCUT2D eigenvalue weighted by Crippen LogP contribution is 2.22. The van der Waals surface area contributed by atoms with Crippen molar-refractivity contribution in [2.75, 3.05) is 5.73 Å². The molecule has 5 nitrogen and oxygen atoms in total. The summed E-state index contributed by atoms with van der Waals surface area (Å²) in [6.45, 7) is 6.15. The van der Waals surface area contributed by atoms with Crippen molar-refractivity contribution in [3.05, 3.63) is 24.2 Å². The second-order valence-corrected chi connectivity index (χ2v) is 4.00. The highest BCUT2D eigenvalue weighted by molar-refractivity contribution is 5.58. The molecule has 2 heterocycles. The van der Waals surface area contributed by atoms with Crippen molar-refractivity contribution in [1.82, 2.24) is 19.7 Å². The van der Waals surface area contributed by atoms with Crippen molar-refractivity contribution >= 4 is 5.82 Å². The first kappa shape index (κ1) is 10.6. The van der Waals surface area contributed by atoms with Crippen molar-refractivity contribution in [3.63, 3.8) is 0 Å². The maximum absolute atomic E-state index is 5.66. The molecule has 0 spiro atoms. The lowest BCUT2D eigenvalue weighted by atomic mass is 10.2. The number of nitrogen functional groups attached to an aromatic ring is 1. The molecule has 0 unspecified atom stereocenters. The number of hydrogen-bond donors (Lipinski definition) is 1. The Kier molecular flexibility index (Phi) is 2.60. The average molecular weight is 217 g/mol. The van der Waals surface area contributed by atoms with E-state index in [1.54, 1.807) is 6.20 Å². The first-order valence-electron chi connectivity index (χ1n) is 5.23. The summed E-state index contributed by atoms with van der Waals surface area (Å²) < 4.78 is 2.08. The van der Waals surface area contributed by atoms with E-state index in [0.717, 1.165) is 17.2 Å². The molecule has 0 aromatic carbocycles. The van der Waals surface area contributed by atoms with Crippen LogP contribution < -0.4 is 5.73 Å². The van der Waals surface area contributed by atoms with Crippen LogP contribution in [0.3, 0.4) is 0 Å². The minimum Gasteiger partial charge on any atom is -0.384 e. The smallest absolute Gasteiger partial charge is 0.164 e. The highest BCUT2D eigenvalue weighted by atomic mass is 15.3. The Hall–Kier alpha value is -1.91. The van der Waals surface area contributed by atoms with Crippen molar-refractivity contribution in [2.24, 2.45) is 0 Å². The summed E-state index contributed by atoms with van der Waals surface area (Å²) in [4.78, 5) is 3.97. The molecule has 0 saturated carbocycles. The summed E-state index contributed by atoms with van der Waals surface area (Å²) >= 11 is 0. The lowest BCUT2D eigenvalue weighted by Gasteiger charge is -2.12. The monoisotopic (exact) mass is 217 g/mol. The second kappa shape index (κ2) is 3.92. The number of rotatable bonds is 2. The quantitative estimate of drug-likeness (QED) is 0.832. The van der Waals surface area contributed by atoms with Crippen LogP contribution in [0.15, 0.2) is 18.3 Å². The zero-order chi connectivity index (χ0) is 11.7. The Morgan fingerprint density at radius 1 is 1.31 bits per heavy atom. The number of pyridine rings is 1. The number of aromatic nitrogens is 4. The van der Waals surface area contributed by atoms with Crippen LogP contribution >= 0.6 is 0 Å². The lowest BCUT2D eigenvalue weighted by molar-refractivity contribution is 0.587. The van der Waals surface area contributed by atoms with Gasteiger partial charge in [-0.25, -0.2) is 4.98 Å². The van der Waals surface area contributed by atoms with Crippen LogP contribution in [0.25, 0.3) is 11.4 Å². The number of hydrogen-bond acceptors (Lipinski definition) is 4. The molecule has 84 valence electrons. The van der Waals surface area contributed by atoms with Gasteiger partial charge in [0.2, 0.25) is 0 Å². The number of aryl methyl sites for hydroxylation is 1. The van der Waals surface area contributed by atoms with E-state index in [0.29, 0.717) is 11.9 Å². The zero-order valence-electron chi connectivity index (χ0n) is 9.68. The fourth-order valence-electron chi connectivity index (χ4n) is 1.77. The van der Waals surface area contributed by atoms with Crippen LogP contribution in [-0.2, 0) is 0 Å². The van der Waals surface area contributed by atoms with Gasteiger partial charge in [-0.3, -0.25) is 0 Å². The molecule has 0 aliphatic carbocycles. The maximum Gasteiger partial charge on any atom is 0.164 e. The minimum absolute atomic E-state index is 0.319. The molecule has 0 aliphatic heterocycles. The normalized spacial score (nSPS) is 11.0. The lowest BCUT2D eigenvalue weighted by Crippen LogP contribution is -2.05. The van der Waals surface area contributed by atoms with Crippen molar-refractivity contribution in [2.45, 2.75) is 26.8 Å². The van der Waals surface area contributed by atoms with Crippen LogP contribution in [-0.4, -0.2) is 19.7 Å². The van der Waals surface area contributed by atoms with Crippen LogP contribution in [0.2, 0.25) is 0 Å². The van der Waals surface area contributed by atoms with Crippen molar-refractivity contribution < 1.29 is 0 Å². The summed E-state index contributed by atoms with van der Waals surface area (Å²) in [6.07, 6.45) is 1.68. The van der Waals surface area contributed by atoms with Gasteiger partial charge in [-0.15, -0.1) is 10.2 Å². The molecule has 0 bridgehead atoms. The van der Waals surface area contributed by atoms with Crippen molar-refractivity contribution in [1.29, 1.82) is 0 Å². The molecule has 5 heteroatoms. The van der Waals surface area contributed by atoms with Gasteiger partial charge < -0.3 is 10.3 Å². The first-order valence-corrected chi connectivity index (χ1v) is 5.23. The third kappa shape index (κ3) is 1.76. The van der Waals surface area contributed by atoms with E-state index in [1.165, 1.54) is 0 Å². The summed E-state index contributed by atoms with van der Waals surface area (Å²) in [5.41, 5.74) is 6.61. The van der Waals surface area contributed by atoms with E-state index in [-0.39, 0.29) is 0 Å². The summed E-state index contributed by atoms with van der Waals surface area (Å²) in [5.74, 6) is 2.23. The van der Waals surface area contributed by atoms with E-state index < -0.39 is 0 Å². The van der Waals surface area contributed by atoms with Gasteiger partial charge in [0.15, 0.2) is 5.82 Å². The van der Waals surface area contributed by atoms with E-state index in [9.17, 15) is 0 Å². The van der Waals surface area contributed by atoms with Crippen LogP contribution in [0.1, 0.15) is 25.7 Å². The van der Waals surface area contributed by atoms with E-state index in [4.69, 9.17) is 5.73 Å². The second-order valence-electron chi connectivity index (χ2n) is 4.00. The standard InChI is InChI=1S/C11H15N5/c1-7(2)16-8(3)14-15-11(16)9-4-5-13-10(12)6-9/h4-7H,1-3H3,(H2,12,13). The average Bonchev–Trinajstić information content (AvgIpc) is 2.60. The van der Waals surface area contributed by atoms with Crippen LogP contribution in [0.4, 0.5) is 5.82 Å².